The fourth-order valence-corrected chi connectivity index (χ4v) is 3.61. The van der Waals surface area contributed by atoms with Gasteiger partial charge in [-0.05, 0) is 31.4 Å². The van der Waals surface area contributed by atoms with Gasteiger partial charge in [0.2, 0.25) is 5.95 Å². The van der Waals surface area contributed by atoms with Crippen LogP contribution in [0.25, 0.3) is 11.2 Å². The molecule has 30 heavy (non-hydrogen) atoms. The van der Waals surface area contributed by atoms with Gasteiger partial charge in [0.15, 0.2) is 11.2 Å². The smallest absolute Gasteiger partial charge is 0.329 e. The van der Waals surface area contributed by atoms with Crippen LogP contribution in [0, 0.1) is 0 Å². The number of hydrogen-bond donors (Lipinski definition) is 2. The topological polar surface area (TPSA) is 117 Å². The van der Waals surface area contributed by atoms with Crippen LogP contribution in [0.4, 0.5) is 5.95 Å². The van der Waals surface area contributed by atoms with Crippen molar-refractivity contribution < 1.29 is 4.79 Å². The molecule has 4 rings (SSSR count). The SMILES string of the molecule is Cn1c(=O)[nH]c(=O)c2c1nc(N1CCCCC1)n2CC=NNC(=O)c1ccccc1. The fourth-order valence-electron chi connectivity index (χ4n) is 3.61. The number of aryl methyl sites for hydroxylation is 1. The molecule has 10 nitrogen and oxygen atoms in total. The fraction of sp³-hybridized carbons (Fsp3) is 0.350. The molecule has 2 N–H and O–H groups in total. The van der Waals surface area contributed by atoms with E-state index in [1.165, 1.54) is 10.8 Å². The normalized spacial score (nSPS) is 14.5. The molecule has 3 heterocycles. The molecule has 1 amide bonds. The molecule has 1 aromatic carbocycles. The Hall–Kier alpha value is -3.69. The number of nitrogens with zero attached hydrogens (tertiary/aromatic N) is 5. The van der Waals surface area contributed by atoms with Crippen LogP contribution in [0.1, 0.15) is 29.6 Å². The third-order valence-corrected chi connectivity index (χ3v) is 5.18. The molecule has 0 radical (unpaired) electrons. The summed E-state index contributed by atoms with van der Waals surface area (Å²) in [6.07, 6.45) is 4.75. The highest BCUT2D eigenvalue weighted by Gasteiger charge is 2.22. The summed E-state index contributed by atoms with van der Waals surface area (Å²) >= 11 is 0. The van der Waals surface area contributed by atoms with Gasteiger partial charge in [0.1, 0.15) is 0 Å². The Morgan fingerprint density at radius 3 is 2.67 bits per heavy atom. The number of H-pyrrole nitrogens is 1. The Bertz CT molecular complexity index is 1200. The summed E-state index contributed by atoms with van der Waals surface area (Å²) in [6, 6.07) is 8.78. The quantitative estimate of drug-likeness (QED) is 0.478. The first kappa shape index (κ1) is 19.6. The summed E-state index contributed by atoms with van der Waals surface area (Å²) in [5.41, 5.74) is 2.61. The monoisotopic (exact) mass is 409 g/mol. The van der Waals surface area contributed by atoms with Gasteiger partial charge in [0, 0.05) is 31.9 Å². The maximum absolute atomic E-state index is 12.5. The van der Waals surface area contributed by atoms with Crippen molar-refractivity contribution in [1.82, 2.24) is 24.5 Å². The Kier molecular flexibility index (Phi) is 5.46. The molecule has 0 spiro atoms. The Morgan fingerprint density at radius 2 is 1.93 bits per heavy atom. The molecule has 1 aliphatic heterocycles. The zero-order valence-corrected chi connectivity index (χ0v) is 16.7. The summed E-state index contributed by atoms with van der Waals surface area (Å²) in [7, 11) is 1.58. The summed E-state index contributed by atoms with van der Waals surface area (Å²) in [5, 5.41) is 4.01. The zero-order chi connectivity index (χ0) is 21.1. The second-order valence-corrected chi connectivity index (χ2v) is 7.18. The molecule has 1 aliphatic rings. The highest BCUT2D eigenvalue weighted by molar-refractivity contribution is 5.94. The average Bonchev–Trinajstić information content (AvgIpc) is 3.16. The van der Waals surface area contributed by atoms with Crippen LogP contribution in [0.5, 0.6) is 0 Å². The lowest BCUT2D eigenvalue weighted by atomic mass is 10.1. The van der Waals surface area contributed by atoms with Crippen molar-refractivity contribution in [1.29, 1.82) is 0 Å². The van der Waals surface area contributed by atoms with Crippen molar-refractivity contribution in [2.75, 3.05) is 18.0 Å². The van der Waals surface area contributed by atoms with Gasteiger partial charge in [-0.3, -0.25) is 23.7 Å². The number of amides is 1. The van der Waals surface area contributed by atoms with Crippen LogP contribution in [0.3, 0.4) is 0 Å². The van der Waals surface area contributed by atoms with Gasteiger partial charge in [-0.25, -0.2) is 10.2 Å². The van der Waals surface area contributed by atoms with E-state index < -0.39 is 11.2 Å². The van der Waals surface area contributed by atoms with E-state index in [1.54, 1.807) is 35.9 Å². The summed E-state index contributed by atoms with van der Waals surface area (Å²) in [5.74, 6) is 0.302. The summed E-state index contributed by atoms with van der Waals surface area (Å²) in [4.78, 5) is 45.7. The van der Waals surface area contributed by atoms with Crippen molar-refractivity contribution in [3.05, 3.63) is 56.7 Å². The van der Waals surface area contributed by atoms with E-state index in [4.69, 9.17) is 0 Å². The number of piperidine rings is 1. The zero-order valence-electron chi connectivity index (χ0n) is 16.7. The number of aromatic nitrogens is 4. The Balaban J connectivity index is 1.64. The van der Waals surface area contributed by atoms with Crippen LogP contribution in [0.2, 0.25) is 0 Å². The molecule has 3 aromatic rings. The third-order valence-electron chi connectivity index (χ3n) is 5.18. The molecule has 0 aliphatic carbocycles. The first-order valence-electron chi connectivity index (χ1n) is 9.87. The van der Waals surface area contributed by atoms with Gasteiger partial charge < -0.3 is 4.90 Å². The largest absolute Gasteiger partial charge is 0.342 e. The highest BCUT2D eigenvalue weighted by Crippen LogP contribution is 2.22. The number of benzene rings is 1. The maximum Gasteiger partial charge on any atom is 0.329 e. The molecular weight excluding hydrogens is 386 g/mol. The Labute approximate surface area is 171 Å². The van der Waals surface area contributed by atoms with E-state index in [0.29, 0.717) is 22.7 Å². The minimum Gasteiger partial charge on any atom is -0.342 e. The molecule has 1 saturated heterocycles. The molecule has 1 fully saturated rings. The lowest BCUT2D eigenvalue weighted by Crippen LogP contribution is -2.32. The van der Waals surface area contributed by atoms with E-state index in [-0.39, 0.29) is 12.5 Å². The molecule has 2 aromatic heterocycles. The van der Waals surface area contributed by atoms with E-state index in [1.807, 2.05) is 6.07 Å². The van der Waals surface area contributed by atoms with Crippen molar-refractivity contribution in [2.45, 2.75) is 25.8 Å². The van der Waals surface area contributed by atoms with E-state index in [9.17, 15) is 14.4 Å². The lowest BCUT2D eigenvalue weighted by Gasteiger charge is -2.27. The van der Waals surface area contributed by atoms with Crippen molar-refractivity contribution in [3.8, 4) is 0 Å². The Morgan fingerprint density at radius 1 is 1.20 bits per heavy atom. The van der Waals surface area contributed by atoms with Crippen molar-refractivity contribution in [3.63, 3.8) is 0 Å². The number of hydrazone groups is 1. The third kappa shape index (κ3) is 3.76. The van der Waals surface area contributed by atoms with Crippen molar-refractivity contribution >= 4 is 29.2 Å². The van der Waals surface area contributed by atoms with Gasteiger partial charge >= 0.3 is 5.69 Å². The minimum absolute atomic E-state index is 0.221. The summed E-state index contributed by atoms with van der Waals surface area (Å²) < 4.78 is 3.06. The van der Waals surface area contributed by atoms with Crippen LogP contribution >= 0.6 is 0 Å². The second kappa shape index (κ2) is 8.36. The molecule has 0 atom stereocenters. The number of carbonyl (C=O) groups is 1. The molecular formula is C20H23N7O3. The lowest BCUT2D eigenvalue weighted by molar-refractivity contribution is 0.0955. The second-order valence-electron chi connectivity index (χ2n) is 7.18. The first-order chi connectivity index (χ1) is 14.6. The number of aromatic amines is 1. The van der Waals surface area contributed by atoms with Crippen LogP contribution in [-0.4, -0.2) is 44.3 Å². The van der Waals surface area contributed by atoms with E-state index in [2.05, 4.69) is 25.4 Å². The first-order valence-corrected chi connectivity index (χ1v) is 9.87. The van der Waals surface area contributed by atoms with Gasteiger partial charge in [0.05, 0.1) is 6.54 Å². The number of fused-ring (bicyclic) bond motifs is 1. The van der Waals surface area contributed by atoms with Gasteiger partial charge in [-0.1, -0.05) is 18.2 Å². The number of hydrogen-bond acceptors (Lipinski definition) is 6. The molecule has 156 valence electrons. The van der Waals surface area contributed by atoms with Crippen LogP contribution in [0.15, 0.2) is 45.0 Å². The predicted octanol–water partition coefficient (Wildman–Crippen LogP) is 0.829. The summed E-state index contributed by atoms with van der Waals surface area (Å²) in [6.45, 7) is 1.88. The van der Waals surface area contributed by atoms with Crippen molar-refractivity contribution in [2.24, 2.45) is 12.1 Å². The van der Waals surface area contributed by atoms with Gasteiger partial charge in [0.25, 0.3) is 11.5 Å². The number of rotatable bonds is 5. The average molecular weight is 409 g/mol. The molecule has 10 heteroatoms. The predicted molar refractivity (Wildman–Crippen MR) is 114 cm³/mol. The number of anilines is 1. The molecule has 0 unspecified atom stereocenters. The highest BCUT2D eigenvalue weighted by atomic mass is 16.2. The number of carbonyl (C=O) groups excluding carboxylic acids is 1. The van der Waals surface area contributed by atoms with Crippen LogP contribution in [-0.2, 0) is 13.6 Å². The standard InChI is InChI=1S/C20H23N7O3/c1-25-16-15(18(29)23-20(25)30)27(19(22-16)26-11-6-3-7-12-26)13-10-21-24-17(28)14-8-4-2-5-9-14/h2,4-5,8-10H,3,6-7,11-13H2,1H3,(H,24,28)(H,23,29,30). The number of imidazole rings is 1. The van der Waals surface area contributed by atoms with E-state index in [0.717, 1.165) is 32.4 Å². The number of nitrogens with one attached hydrogen (secondary N) is 2. The van der Waals surface area contributed by atoms with Gasteiger partial charge in [-0.15, -0.1) is 0 Å². The van der Waals surface area contributed by atoms with Gasteiger partial charge in [-0.2, -0.15) is 10.1 Å². The maximum atomic E-state index is 12.5. The molecule has 0 bridgehead atoms. The van der Waals surface area contributed by atoms with E-state index >= 15 is 0 Å². The minimum atomic E-state index is -0.508. The molecule has 0 saturated carbocycles. The van der Waals surface area contributed by atoms with Crippen LogP contribution < -0.4 is 21.6 Å².